The number of phenolic OH excluding ortho intramolecular Hbond substituents is 1. The Balaban J connectivity index is 2.14. The van der Waals surface area contributed by atoms with Crippen LogP contribution in [0.3, 0.4) is 0 Å². The zero-order valence-corrected chi connectivity index (χ0v) is 15.0. The minimum atomic E-state index is 0.204. The largest absolute Gasteiger partial charge is 0.508 e. The smallest absolute Gasteiger partial charge is 0.119 e. The van der Waals surface area contributed by atoms with Crippen molar-refractivity contribution in [1.29, 1.82) is 0 Å². The molecule has 0 aliphatic carbocycles. The molecule has 0 aliphatic heterocycles. The Labute approximate surface area is 151 Å². The molecule has 128 valence electrons. The molecule has 0 bridgehead atoms. The molecular formula is C24H26O. The second kappa shape index (κ2) is 8.02. The summed E-state index contributed by atoms with van der Waals surface area (Å²) >= 11 is 0. The van der Waals surface area contributed by atoms with Crippen LogP contribution in [0.5, 0.6) is 5.75 Å². The number of hydrogen-bond acceptors (Lipinski definition) is 1. The van der Waals surface area contributed by atoms with Crippen LogP contribution in [0.1, 0.15) is 60.8 Å². The van der Waals surface area contributed by atoms with Gasteiger partial charge in [0, 0.05) is 17.4 Å². The van der Waals surface area contributed by atoms with E-state index in [1.165, 1.54) is 16.7 Å². The summed E-state index contributed by atoms with van der Waals surface area (Å²) in [6, 6.07) is 27.1. The van der Waals surface area contributed by atoms with E-state index in [-0.39, 0.29) is 5.92 Å². The van der Waals surface area contributed by atoms with Gasteiger partial charge in [-0.2, -0.15) is 0 Å². The highest BCUT2D eigenvalue weighted by molar-refractivity contribution is 5.50. The van der Waals surface area contributed by atoms with Crippen molar-refractivity contribution < 1.29 is 5.11 Å². The molecule has 1 heteroatoms. The Bertz CT molecular complexity index is 793. The molecule has 0 aromatic heterocycles. The summed E-state index contributed by atoms with van der Waals surface area (Å²) in [4.78, 5) is 0. The van der Waals surface area contributed by atoms with Gasteiger partial charge in [-0.15, -0.1) is 0 Å². The van der Waals surface area contributed by atoms with E-state index in [9.17, 15) is 5.11 Å². The van der Waals surface area contributed by atoms with Gasteiger partial charge in [0.25, 0.3) is 0 Å². The zero-order chi connectivity index (χ0) is 17.6. The maximum atomic E-state index is 10.7. The maximum absolute atomic E-state index is 10.7. The van der Waals surface area contributed by atoms with Crippen LogP contribution in [0.15, 0.2) is 78.9 Å². The minimum Gasteiger partial charge on any atom is -0.508 e. The lowest BCUT2D eigenvalue weighted by atomic mass is 9.79. The quantitative estimate of drug-likeness (QED) is 0.548. The molecule has 0 saturated carbocycles. The van der Waals surface area contributed by atoms with Crippen LogP contribution < -0.4 is 0 Å². The van der Waals surface area contributed by atoms with Crippen molar-refractivity contribution in [1.82, 2.24) is 0 Å². The molecular weight excluding hydrogens is 304 g/mol. The van der Waals surface area contributed by atoms with Gasteiger partial charge in [0.05, 0.1) is 0 Å². The first kappa shape index (κ1) is 17.3. The van der Waals surface area contributed by atoms with Gasteiger partial charge in [0.15, 0.2) is 0 Å². The van der Waals surface area contributed by atoms with E-state index in [1.807, 2.05) is 18.2 Å². The average molecular weight is 330 g/mol. The predicted molar refractivity (Wildman–Crippen MR) is 105 cm³/mol. The van der Waals surface area contributed by atoms with Crippen molar-refractivity contribution >= 4 is 0 Å². The summed E-state index contributed by atoms with van der Waals surface area (Å²) in [7, 11) is 0. The maximum Gasteiger partial charge on any atom is 0.119 e. The molecule has 3 aromatic carbocycles. The molecule has 1 nitrogen and oxygen atoms in total. The lowest BCUT2D eigenvalue weighted by Crippen LogP contribution is -2.09. The van der Waals surface area contributed by atoms with Gasteiger partial charge >= 0.3 is 0 Å². The van der Waals surface area contributed by atoms with Gasteiger partial charge in [-0.1, -0.05) is 86.6 Å². The van der Waals surface area contributed by atoms with Crippen LogP contribution in [0.4, 0.5) is 0 Å². The standard InChI is InChI=1S/C24H26O/c1-3-20(18-12-7-5-8-13-18)22-16-11-17-23(25)24(22)21(4-2)19-14-9-6-10-15-19/h5-17,20-21,25H,3-4H2,1-2H3. The molecule has 0 heterocycles. The van der Waals surface area contributed by atoms with Crippen molar-refractivity contribution in [2.24, 2.45) is 0 Å². The van der Waals surface area contributed by atoms with Gasteiger partial charge in [-0.05, 0) is 35.6 Å². The highest BCUT2D eigenvalue weighted by Crippen LogP contribution is 2.41. The summed E-state index contributed by atoms with van der Waals surface area (Å²) in [6.07, 6.45) is 1.96. The fourth-order valence-electron chi connectivity index (χ4n) is 3.87. The molecule has 25 heavy (non-hydrogen) atoms. The normalized spacial score (nSPS) is 13.4. The number of hydrogen-bond donors (Lipinski definition) is 1. The summed E-state index contributed by atoms with van der Waals surface area (Å²) in [5, 5.41) is 10.7. The second-order valence-corrected chi connectivity index (χ2v) is 6.52. The monoisotopic (exact) mass is 330 g/mol. The minimum absolute atomic E-state index is 0.204. The van der Waals surface area contributed by atoms with Crippen LogP contribution in [-0.2, 0) is 0 Å². The molecule has 2 unspecified atom stereocenters. The third-order valence-corrected chi connectivity index (χ3v) is 5.06. The summed E-state index contributed by atoms with van der Waals surface area (Å²) in [5.41, 5.74) is 4.88. The fourth-order valence-corrected chi connectivity index (χ4v) is 3.87. The Morgan fingerprint density at radius 2 is 1.16 bits per heavy atom. The lowest BCUT2D eigenvalue weighted by molar-refractivity contribution is 0.461. The average Bonchev–Trinajstić information content (AvgIpc) is 2.67. The van der Waals surface area contributed by atoms with Crippen molar-refractivity contribution in [3.8, 4) is 5.75 Å². The molecule has 1 N–H and O–H groups in total. The van der Waals surface area contributed by atoms with Crippen LogP contribution >= 0.6 is 0 Å². The Morgan fingerprint density at radius 3 is 1.68 bits per heavy atom. The molecule has 3 aromatic rings. The Kier molecular flexibility index (Phi) is 5.55. The van der Waals surface area contributed by atoms with Crippen LogP contribution in [0.2, 0.25) is 0 Å². The van der Waals surface area contributed by atoms with Gasteiger partial charge in [0.2, 0.25) is 0 Å². The van der Waals surface area contributed by atoms with Crippen molar-refractivity contribution in [3.05, 3.63) is 101 Å². The van der Waals surface area contributed by atoms with Crippen molar-refractivity contribution in [2.75, 3.05) is 0 Å². The topological polar surface area (TPSA) is 20.2 Å². The molecule has 2 atom stereocenters. The fraction of sp³-hybridized carbons (Fsp3) is 0.250. The third kappa shape index (κ3) is 3.61. The van der Waals surface area contributed by atoms with Gasteiger partial charge in [-0.3, -0.25) is 0 Å². The second-order valence-electron chi connectivity index (χ2n) is 6.52. The highest BCUT2D eigenvalue weighted by atomic mass is 16.3. The van der Waals surface area contributed by atoms with Crippen molar-refractivity contribution in [2.45, 2.75) is 38.5 Å². The van der Waals surface area contributed by atoms with E-state index >= 15 is 0 Å². The molecule has 0 saturated heterocycles. The Morgan fingerprint density at radius 1 is 0.640 bits per heavy atom. The molecule has 0 amide bonds. The summed E-state index contributed by atoms with van der Waals surface area (Å²) in [6.45, 7) is 4.41. The lowest BCUT2D eigenvalue weighted by Gasteiger charge is -2.26. The van der Waals surface area contributed by atoms with E-state index < -0.39 is 0 Å². The van der Waals surface area contributed by atoms with Gasteiger partial charge < -0.3 is 5.11 Å². The highest BCUT2D eigenvalue weighted by Gasteiger charge is 2.24. The van der Waals surface area contributed by atoms with E-state index in [2.05, 4.69) is 74.5 Å². The summed E-state index contributed by atoms with van der Waals surface area (Å²) in [5.74, 6) is 0.902. The van der Waals surface area contributed by atoms with E-state index in [4.69, 9.17) is 0 Å². The van der Waals surface area contributed by atoms with E-state index in [0.29, 0.717) is 11.7 Å². The molecule has 0 spiro atoms. The third-order valence-electron chi connectivity index (χ3n) is 5.06. The molecule has 0 fully saturated rings. The van der Waals surface area contributed by atoms with E-state index in [1.54, 1.807) is 0 Å². The predicted octanol–water partition coefficient (Wildman–Crippen LogP) is 6.48. The first-order valence-electron chi connectivity index (χ1n) is 9.17. The Hall–Kier alpha value is -2.54. The number of aromatic hydroxyl groups is 1. The molecule has 3 rings (SSSR count). The van der Waals surface area contributed by atoms with E-state index in [0.717, 1.165) is 18.4 Å². The zero-order valence-electron chi connectivity index (χ0n) is 15.0. The first-order valence-corrected chi connectivity index (χ1v) is 9.17. The number of phenols is 1. The van der Waals surface area contributed by atoms with Gasteiger partial charge in [-0.25, -0.2) is 0 Å². The SMILES string of the molecule is CCC(c1ccccc1)c1cccc(O)c1C(CC)c1ccccc1. The van der Waals surface area contributed by atoms with Gasteiger partial charge in [0.1, 0.15) is 5.75 Å². The first-order chi connectivity index (χ1) is 12.3. The van der Waals surface area contributed by atoms with Crippen LogP contribution in [0, 0.1) is 0 Å². The van der Waals surface area contributed by atoms with Crippen LogP contribution in [-0.4, -0.2) is 5.11 Å². The molecule has 0 aliphatic rings. The van der Waals surface area contributed by atoms with Crippen molar-refractivity contribution in [3.63, 3.8) is 0 Å². The van der Waals surface area contributed by atoms with Crippen LogP contribution in [0.25, 0.3) is 0 Å². The summed E-state index contributed by atoms with van der Waals surface area (Å²) < 4.78 is 0. The number of benzene rings is 3. The number of rotatable bonds is 6. The molecule has 0 radical (unpaired) electrons.